The number of rotatable bonds is 4. The third-order valence-corrected chi connectivity index (χ3v) is 5.72. The zero-order valence-corrected chi connectivity index (χ0v) is 20.4. The van der Waals surface area contributed by atoms with Gasteiger partial charge in [0.1, 0.15) is 23.1 Å². The lowest BCUT2D eigenvalue weighted by Gasteiger charge is -2.36. The Morgan fingerprint density at radius 2 is 1.97 bits per heavy atom. The summed E-state index contributed by atoms with van der Waals surface area (Å²) in [6.45, 7) is 9.01. The molecule has 1 atom stereocenters. The van der Waals surface area contributed by atoms with Crippen molar-refractivity contribution < 1.29 is 32.2 Å². The van der Waals surface area contributed by atoms with Gasteiger partial charge in [-0.2, -0.15) is 27.9 Å². The third-order valence-electron chi connectivity index (χ3n) is 5.72. The predicted molar refractivity (Wildman–Crippen MR) is 118 cm³/mol. The first kappa shape index (κ1) is 26.1. The monoisotopic (exact) mass is 496 g/mol. The van der Waals surface area contributed by atoms with Crippen LogP contribution in [0.1, 0.15) is 62.8 Å². The highest BCUT2D eigenvalue weighted by Crippen LogP contribution is 2.38. The number of esters is 1. The number of ether oxygens (including phenoxy) is 2. The minimum absolute atomic E-state index is 0.0155. The average Bonchev–Trinajstić information content (AvgIpc) is 3.35. The van der Waals surface area contributed by atoms with E-state index in [4.69, 9.17) is 9.47 Å². The van der Waals surface area contributed by atoms with Crippen LogP contribution < -0.4 is 4.90 Å². The van der Waals surface area contributed by atoms with Crippen molar-refractivity contribution in [2.24, 2.45) is 0 Å². The number of hydrogen-bond donors (Lipinski definition) is 0. The van der Waals surface area contributed by atoms with E-state index in [9.17, 15) is 28.0 Å². The lowest BCUT2D eigenvalue weighted by Crippen LogP contribution is -2.50. The largest absolute Gasteiger partial charge is 0.460 e. The van der Waals surface area contributed by atoms with Crippen LogP contribution in [0.15, 0.2) is 6.07 Å². The molecule has 2 aromatic heterocycles. The maximum atomic E-state index is 13.9. The Morgan fingerprint density at radius 1 is 1.31 bits per heavy atom. The minimum Gasteiger partial charge on any atom is -0.460 e. The SMILES string of the molecule is CCOC(=O)c1nc2c(C#N)c(C(F)(F)F)cc(N3CC[C@](C)(N(C)C(=O)OC(C)(C)C)C3)n2n1. The van der Waals surface area contributed by atoms with Gasteiger partial charge in [-0.1, -0.05) is 0 Å². The van der Waals surface area contributed by atoms with Crippen molar-refractivity contribution in [3.05, 3.63) is 23.0 Å². The van der Waals surface area contributed by atoms with Crippen molar-refractivity contribution in [1.29, 1.82) is 5.26 Å². The summed E-state index contributed by atoms with van der Waals surface area (Å²) >= 11 is 0. The summed E-state index contributed by atoms with van der Waals surface area (Å²) in [6.07, 6.45) is -4.99. The first-order chi connectivity index (χ1) is 16.1. The molecule has 1 amide bonds. The van der Waals surface area contributed by atoms with Crippen LogP contribution in [0.3, 0.4) is 0 Å². The number of pyridine rings is 1. The molecule has 10 nitrogen and oxygen atoms in total. The number of carbonyl (C=O) groups is 2. The maximum Gasteiger partial charge on any atom is 0.417 e. The molecule has 1 aliphatic rings. The quantitative estimate of drug-likeness (QED) is 0.590. The molecule has 0 spiro atoms. The summed E-state index contributed by atoms with van der Waals surface area (Å²) in [5.41, 5.74) is -3.84. The fraction of sp³-hybridized carbons (Fsp3) is 0.591. The molecular formula is C22H27F3N6O4. The molecule has 13 heteroatoms. The molecule has 1 aliphatic heterocycles. The Kier molecular flexibility index (Phi) is 6.63. The van der Waals surface area contributed by atoms with E-state index in [1.165, 1.54) is 11.0 Å². The Morgan fingerprint density at radius 3 is 2.51 bits per heavy atom. The van der Waals surface area contributed by atoms with E-state index in [0.29, 0.717) is 6.42 Å². The second kappa shape index (κ2) is 8.90. The smallest absolute Gasteiger partial charge is 0.417 e. The van der Waals surface area contributed by atoms with Gasteiger partial charge in [-0.05, 0) is 47.1 Å². The lowest BCUT2D eigenvalue weighted by atomic mass is 10.0. The molecule has 35 heavy (non-hydrogen) atoms. The van der Waals surface area contributed by atoms with Crippen LogP contribution in [0.4, 0.5) is 23.8 Å². The Labute approximate surface area is 200 Å². The van der Waals surface area contributed by atoms with Crippen LogP contribution in [-0.4, -0.2) is 69.4 Å². The summed E-state index contributed by atoms with van der Waals surface area (Å²) in [6, 6.07) is 2.35. The van der Waals surface area contributed by atoms with Crippen molar-refractivity contribution in [3.63, 3.8) is 0 Å². The van der Waals surface area contributed by atoms with Crippen LogP contribution in [0.25, 0.3) is 5.65 Å². The highest BCUT2D eigenvalue weighted by molar-refractivity contribution is 5.86. The summed E-state index contributed by atoms with van der Waals surface area (Å²) in [4.78, 5) is 31.7. The fourth-order valence-electron chi connectivity index (χ4n) is 3.82. The van der Waals surface area contributed by atoms with Gasteiger partial charge in [-0.3, -0.25) is 0 Å². The average molecular weight is 496 g/mol. The van der Waals surface area contributed by atoms with Crippen molar-refractivity contribution in [3.8, 4) is 6.07 Å². The van der Waals surface area contributed by atoms with Gasteiger partial charge in [0.2, 0.25) is 0 Å². The van der Waals surface area contributed by atoms with E-state index < -0.39 is 52.0 Å². The van der Waals surface area contributed by atoms with Gasteiger partial charge in [-0.15, -0.1) is 5.10 Å². The van der Waals surface area contributed by atoms with Crippen LogP contribution in [0, 0.1) is 11.3 Å². The van der Waals surface area contributed by atoms with Crippen molar-refractivity contribution in [2.45, 2.75) is 58.4 Å². The summed E-state index contributed by atoms with van der Waals surface area (Å²) in [7, 11) is 1.57. The molecule has 0 aromatic carbocycles. The van der Waals surface area contributed by atoms with Crippen LogP contribution in [0.2, 0.25) is 0 Å². The van der Waals surface area contributed by atoms with Crippen molar-refractivity contribution in [1.82, 2.24) is 19.5 Å². The standard InChI is InChI=1S/C22H27F3N6O4/c1-7-34-18(32)16-27-17-13(11-26)14(22(23,24)25)10-15(31(17)28-16)30-9-8-21(5,12-30)29(6)19(33)35-20(2,3)4/h10H,7-9,12H2,1-6H3/t21-/m0/s1. The van der Waals surface area contributed by atoms with E-state index in [1.807, 2.05) is 0 Å². The number of fused-ring (bicyclic) bond motifs is 1. The Hall–Kier alpha value is -3.56. The first-order valence-corrected chi connectivity index (χ1v) is 10.9. The number of hydrogen-bond acceptors (Lipinski definition) is 8. The molecule has 0 aliphatic carbocycles. The zero-order chi connectivity index (χ0) is 26.3. The molecule has 1 fully saturated rings. The molecule has 0 N–H and O–H groups in total. The van der Waals surface area contributed by atoms with E-state index in [-0.39, 0.29) is 25.5 Å². The number of halogens is 3. The number of nitriles is 1. The molecule has 0 bridgehead atoms. The van der Waals surface area contributed by atoms with Crippen molar-refractivity contribution in [2.75, 3.05) is 31.6 Å². The molecule has 3 heterocycles. The number of alkyl halides is 3. The van der Waals surface area contributed by atoms with E-state index in [2.05, 4.69) is 10.1 Å². The number of anilines is 1. The molecule has 0 unspecified atom stereocenters. The minimum atomic E-state index is -4.85. The van der Waals surface area contributed by atoms with E-state index in [1.54, 1.807) is 46.6 Å². The Balaban J connectivity index is 2.09. The van der Waals surface area contributed by atoms with Gasteiger partial charge in [0, 0.05) is 20.1 Å². The highest BCUT2D eigenvalue weighted by atomic mass is 19.4. The maximum absolute atomic E-state index is 13.9. The van der Waals surface area contributed by atoms with Crippen molar-refractivity contribution >= 4 is 23.5 Å². The first-order valence-electron chi connectivity index (χ1n) is 10.9. The number of aromatic nitrogens is 3. The number of likely N-dealkylation sites (N-methyl/N-ethyl adjacent to an activating group) is 1. The van der Waals surface area contributed by atoms with Gasteiger partial charge in [-0.25, -0.2) is 9.59 Å². The third kappa shape index (κ3) is 5.11. The van der Waals surface area contributed by atoms with E-state index >= 15 is 0 Å². The molecular weight excluding hydrogens is 469 g/mol. The van der Waals surface area contributed by atoms with Crippen LogP contribution in [-0.2, 0) is 15.7 Å². The summed E-state index contributed by atoms with van der Waals surface area (Å²) < 4.78 is 53.0. The van der Waals surface area contributed by atoms with E-state index in [0.717, 1.165) is 10.6 Å². The number of carbonyl (C=O) groups excluding carboxylic acids is 2. The molecule has 1 saturated heterocycles. The van der Waals surface area contributed by atoms with Gasteiger partial charge in [0.15, 0.2) is 5.65 Å². The molecule has 2 aromatic rings. The number of nitrogens with zero attached hydrogens (tertiary/aromatic N) is 6. The second-order valence-corrected chi connectivity index (χ2v) is 9.50. The fourth-order valence-corrected chi connectivity index (χ4v) is 3.82. The molecule has 0 saturated carbocycles. The predicted octanol–water partition coefficient (Wildman–Crippen LogP) is 3.63. The highest BCUT2D eigenvalue weighted by Gasteiger charge is 2.43. The zero-order valence-electron chi connectivity index (χ0n) is 20.4. The van der Waals surface area contributed by atoms with Gasteiger partial charge in [0.05, 0.1) is 17.7 Å². The normalized spacial score (nSPS) is 18.5. The summed E-state index contributed by atoms with van der Waals surface area (Å²) in [5.74, 6) is -1.40. The second-order valence-electron chi connectivity index (χ2n) is 9.50. The van der Waals surface area contributed by atoms with Gasteiger partial charge >= 0.3 is 18.2 Å². The molecule has 3 rings (SSSR count). The lowest BCUT2D eigenvalue weighted by molar-refractivity contribution is -0.137. The summed E-state index contributed by atoms with van der Waals surface area (Å²) in [5, 5.41) is 13.5. The molecule has 0 radical (unpaired) electrons. The van der Waals surface area contributed by atoms with Crippen LogP contribution >= 0.6 is 0 Å². The van der Waals surface area contributed by atoms with Gasteiger partial charge in [0.25, 0.3) is 5.82 Å². The Bertz CT molecular complexity index is 1200. The molecule has 190 valence electrons. The van der Waals surface area contributed by atoms with Gasteiger partial charge < -0.3 is 19.3 Å². The van der Waals surface area contributed by atoms with Crippen LogP contribution in [0.5, 0.6) is 0 Å². The topological polar surface area (TPSA) is 113 Å². The number of amides is 1.